The van der Waals surface area contributed by atoms with Crippen molar-refractivity contribution < 1.29 is 35.8 Å². The molecule has 0 bridgehead atoms. The lowest BCUT2D eigenvalue weighted by Crippen LogP contribution is -2.31. The Balaban J connectivity index is 1.77. The fourth-order valence-electron chi connectivity index (χ4n) is 3.80. The van der Waals surface area contributed by atoms with E-state index in [-0.39, 0.29) is 29.6 Å². The van der Waals surface area contributed by atoms with Gasteiger partial charge in [-0.05, 0) is 48.7 Å². The van der Waals surface area contributed by atoms with Crippen LogP contribution in [0.2, 0.25) is 0 Å². The first-order valence-corrected chi connectivity index (χ1v) is 11.1. The van der Waals surface area contributed by atoms with E-state index < -0.39 is 41.2 Å². The number of nitrogens with zero attached hydrogens (tertiary/aromatic N) is 2. The van der Waals surface area contributed by atoms with Gasteiger partial charge in [-0.15, -0.1) is 0 Å². The van der Waals surface area contributed by atoms with Crippen molar-refractivity contribution in [2.45, 2.75) is 57.6 Å². The Labute approximate surface area is 199 Å². The molecular weight excluding hydrogens is 474 g/mol. The van der Waals surface area contributed by atoms with Crippen LogP contribution in [0, 0.1) is 17.2 Å². The summed E-state index contributed by atoms with van der Waals surface area (Å²) < 4.78 is 92.0. The third-order valence-corrected chi connectivity index (χ3v) is 5.74. The van der Waals surface area contributed by atoms with Crippen molar-refractivity contribution in [1.82, 2.24) is 0 Å². The first kappa shape index (κ1) is 26.4. The number of hydrogen-bond donors (Lipinski definition) is 0. The summed E-state index contributed by atoms with van der Waals surface area (Å²) in [4.78, 5) is 3.81. The lowest BCUT2D eigenvalue weighted by atomic mass is 9.96. The average molecular weight is 498 g/mol. The van der Waals surface area contributed by atoms with E-state index in [1.54, 1.807) is 0 Å². The monoisotopic (exact) mass is 498 g/mol. The number of ether oxygens (including phenoxy) is 2. The van der Waals surface area contributed by atoms with Gasteiger partial charge in [0.2, 0.25) is 0 Å². The smallest absolute Gasteiger partial charge is 0.417 e. The highest BCUT2D eigenvalue weighted by molar-refractivity contribution is 5.80. The van der Waals surface area contributed by atoms with Crippen LogP contribution in [0.25, 0.3) is 0 Å². The van der Waals surface area contributed by atoms with Crippen molar-refractivity contribution in [2.24, 2.45) is 10.9 Å². The molecule has 0 radical (unpaired) electrons. The summed E-state index contributed by atoms with van der Waals surface area (Å²) in [6.45, 7) is 3.74. The Kier molecular flexibility index (Phi) is 7.98. The van der Waals surface area contributed by atoms with Gasteiger partial charge in [0.05, 0.1) is 29.4 Å². The second kappa shape index (κ2) is 10.6. The number of benzene rings is 2. The van der Waals surface area contributed by atoms with E-state index in [2.05, 4.69) is 4.99 Å². The van der Waals surface area contributed by atoms with Gasteiger partial charge in [-0.25, -0.2) is 0 Å². The summed E-state index contributed by atoms with van der Waals surface area (Å²) in [5.74, 6) is -0.310. The second-order valence-electron chi connectivity index (χ2n) is 8.23. The third-order valence-electron chi connectivity index (χ3n) is 5.74. The Morgan fingerprint density at radius 3 is 2.14 bits per heavy atom. The van der Waals surface area contributed by atoms with Gasteiger partial charge in [0.1, 0.15) is 23.6 Å². The topological polar surface area (TPSA) is 54.6 Å². The minimum Gasteiger partial charge on any atom is -0.493 e. The molecular formula is C25H24F6N2O2. The lowest BCUT2D eigenvalue weighted by molar-refractivity contribution is -0.138. The highest BCUT2D eigenvalue weighted by Crippen LogP contribution is 2.40. The van der Waals surface area contributed by atoms with Gasteiger partial charge in [-0.1, -0.05) is 26.3 Å². The minimum atomic E-state index is -4.72. The van der Waals surface area contributed by atoms with Crippen LogP contribution in [-0.4, -0.2) is 18.9 Å². The van der Waals surface area contributed by atoms with Gasteiger partial charge >= 0.3 is 12.4 Å². The summed E-state index contributed by atoms with van der Waals surface area (Å²) >= 11 is 0. The van der Waals surface area contributed by atoms with Gasteiger partial charge in [0.25, 0.3) is 0 Å². The van der Waals surface area contributed by atoms with Crippen LogP contribution in [0.4, 0.5) is 26.3 Å². The Bertz CT molecular complexity index is 1100. The molecule has 4 nitrogen and oxygen atoms in total. The maximum atomic E-state index is 13.5. The predicted molar refractivity (Wildman–Crippen MR) is 117 cm³/mol. The first-order valence-electron chi connectivity index (χ1n) is 11.1. The van der Waals surface area contributed by atoms with E-state index in [0.717, 1.165) is 18.2 Å². The molecule has 0 fully saturated rings. The van der Waals surface area contributed by atoms with Gasteiger partial charge in [0.15, 0.2) is 0 Å². The fourth-order valence-corrected chi connectivity index (χ4v) is 3.80. The quantitative estimate of drug-likeness (QED) is 0.321. The van der Waals surface area contributed by atoms with Crippen LogP contribution in [0.5, 0.6) is 11.5 Å². The molecule has 35 heavy (non-hydrogen) atoms. The first-order chi connectivity index (χ1) is 16.5. The largest absolute Gasteiger partial charge is 0.493 e. The molecule has 0 N–H and O–H groups in total. The van der Waals surface area contributed by atoms with Crippen LogP contribution < -0.4 is 9.47 Å². The molecule has 0 amide bonds. The zero-order chi connectivity index (χ0) is 25.8. The molecule has 1 aliphatic rings. The highest BCUT2D eigenvalue weighted by Gasteiger charge is 2.37. The van der Waals surface area contributed by atoms with Gasteiger partial charge in [0, 0.05) is 12.1 Å². The van der Waals surface area contributed by atoms with E-state index in [9.17, 15) is 26.3 Å². The summed E-state index contributed by atoms with van der Waals surface area (Å²) in [5, 5.41) is 8.98. The molecule has 10 heteroatoms. The molecule has 0 saturated carbocycles. The number of rotatable bonds is 10. The van der Waals surface area contributed by atoms with Crippen molar-refractivity contribution >= 4 is 6.21 Å². The number of hydrogen-bond acceptors (Lipinski definition) is 4. The maximum absolute atomic E-state index is 13.5. The number of aliphatic imine (C=N–C) groups is 1. The third kappa shape index (κ3) is 6.68. The molecule has 3 atom stereocenters. The normalized spacial score (nSPS) is 16.9. The molecule has 0 saturated heterocycles. The second-order valence-corrected chi connectivity index (χ2v) is 8.23. The van der Waals surface area contributed by atoms with E-state index in [1.807, 2.05) is 13.8 Å². The number of halogens is 6. The molecule has 0 aromatic heterocycles. The Morgan fingerprint density at radius 1 is 0.971 bits per heavy atom. The number of nitriles is 1. The van der Waals surface area contributed by atoms with Crippen LogP contribution in [-0.2, 0) is 12.4 Å². The van der Waals surface area contributed by atoms with Crippen molar-refractivity contribution in [1.29, 1.82) is 5.26 Å². The van der Waals surface area contributed by atoms with Crippen LogP contribution >= 0.6 is 0 Å². The van der Waals surface area contributed by atoms with Crippen molar-refractivity contribution in [3.63, 3.8) is 0 Å². The molecule has 3 unspecified atom stereocenters. The molecule has 0 spiro atoms. The summed E-state index contributed by atoms with van der Waals surface area (Å²) in [6.07, 6.45) is -6.71. The van der Waals surface area contributed by atoms with Crippen LogP contribution in [0.1, 0.15) is 61.4 Å². The van der Waals surface area contributed by atoms with Gasteiger partial charge < -0.3 is 9.47 Å². The standard InChI is InChI=1S/C25H24F6N2O2/c1-3-5-23(35-18-7-6-16(12-32)20(11-18)24(26,27)28)15(4-2)14-34-17-8-9-19(22-13-33-22)21(10-17)25(29,30)31/h6-11,13,15,22-23H,3-5,14H2,1-2H3. The number of alkyl halides is 6. The molecule has 188 valence electrons. The molecule has 3 rings (SSSR count). The Hall–Kier alpha value is -3.22. The zero-order valence-electron chi connectivity index (χ0n) is 19.1. The van der Waals surface area contributed by atoms with Crippen LogP contribution in [0.3, 0.4) is 0 Å². The van der Waals surface area contributed by atoms with E-state index in [4.69, 9.17) is 14.7 Å². The van der Waals surface area contributed by atoms with Gasteiger partial charge in [-0.2, -0.15) is 31.6 Å². The summed E-state index contributed by atoms with van der Waals surface area (Å²) in [5.41, 5.74) is -2.35. The van der Waals surface area contributed by atoms with Crippen molar-refractivity contribution in [3.8, 4) is 17.6 Å². The van der Waals surface area contributed by atoms with Crippen LogP contribution in [0.15, 0.2) is 41.4 Å². The van der Waals surface area contributed by atoms with E-state index >= 15 is 0 Å². The summed E-state index contributed by atoms with van der Waals surface area (Å²) in [6, 6.07) is 7.84. The fraction of sp³-hybridized carbons (Fsp3) is 0.440. The molecule has 2 aromatic carbocycles. The average Bonchev–Trinajstić information content (AvgIpc) is 3.63. The SMILES string of the molecule is CCCC(Oc1ccc(C#N)c(C(F)(F)F)c1)C(CC)COc1ccc(C2C=N2)c(C(F)(F)F)c1. The molecule has 1 aliphatic heterocycles. The summed E-state index contributed by atoms with van der Waals surface area (Å²) in [7, 11) is 0. The Morgan fingerprint density at radius 2 is 1.60 bits per heavy atom. The van der Waals surface area contributed by atoms with E-state index in [1.165, 1.54) is 30.5 Å². The van der Waals surface area contributed by atoms with Gasteiger partial charge in [-0.3, -0.25) is 4.99 Å². The highest BCUT2D eigenvalue weighted by atomic mass is 19.4. The van der Waals surface area contributed by atoms with Crippen molar-refractivity contribution in [3.05, 3.63) is 58.7 Å². The van der Waals surface area contributed by atoms with Crippen molar-refractivity contribution in [2.75, 3.05) is 6.61 Å². The predicted octanol–water partition coefficient (Wildman–Crippen LogP) is 7.37. The zero-order valence-corrected chi connectivity index (χ0v) is 19.1. The molecule has 2 aromatic rings. The molecule has 1 heterocycles. The molecule has 0 aliphatic carbocycles. The van der Waals surface area contributed by atoms with E-state index in [0.29, 0.717) is 19.3 Å². The lowest BCUT2D eigenvalue weighted by Gasteiger charge is -2.27. The minimum absolute atomic E-state index is 0.0140. The maximum Gasteiger partial charge on any atom is 0.417 e.